The monoisotopic (exact) mass is 356 g/mol. The summed E-state index contributed by atoms with van der Waals surface area (Å²) < 4.78 is 15.9. The molecule has 0 atom stereocenters. The first-order valence-corrected chi connectivity index (χ1v) is 7.60. The molecule has 1 heterocycles. The average molecular weight is 356 g/mol. The van der Waals surface area contributed by atoms with Crippen LogP contribution in [0.1, 0.15) is 11.1 Å². The summed E-state index contributed by atoms with van der Waals surface area (Å²) in [7, 11) is 4.49. The standard InChI is InChI=1S/C18H16N2O6/c1-24-15-7-10(8-16(25-2)17(15)26-3)6-13-12-9-11(20(22)23)4-5-14(12)19-18(13)21/h4-9H,1-3H3,(H,19,21)/b13-6-. The zero-order valence-corrected chi connectivity index (χ0v) is 14.4. The molecule has 1 aliphatic heterocycles. The quantitative estimate of drug-likeness (QED) is 0.502. The van der Waals surface area contributed by atoms with Crippen LogP contribution in [0.2, 0.25) is 0 Å². The number of amides is 1. The minimum absolute atomic E-state index is 0.0870. The van der Waals surface area contributed by atoms with E-state index in [0.29, 0.717) is 39.6 Å². The van der Waals surface area contributed by atoms with Gasteiger partial charge in [-0.25, -0.2) is 0 Å². The van der Waals surface area contributed by atoms with E-state index in [4.69, 9.17) is 14.2 Å². The number of nitro groups is 1. The largest absolute Gasteiger partial charge is 0.493 e. The molecular weight excluding hydrogens is 340 g/mol. The summed E-state index contributed by atoms with van der Waals surface area (Å²) in [5, 5.41) is 13.7. The van der Waals surface area contributed by atoms with Gasteiger partial charge in [-0.3, -0.25) is 14.9 Å². The van der Waals surface area contributed by atoms with E-state index < -0.39 is 4.92 Å². The number of ether oxygens (including phenoxy) is 3. The van der Waals surface area contributed by atoms with Gasteiger partial charge in [0.2, 0.25) is 5.75 Å². The highest BCUT2D eigenvalue weighted by Crippen LogP contribution is 2.40. The number of rotatable bonds is 5. The molecule has 0 fully saturated rings. The number of hydrogen-bond acceptors (Lipinski definition) is 6. The van der Waals surface area contributed by atoms with Crippen molar-refractivity contribution in [2.45, 2.75) is 0 Å². The fraction of sp³-hybridized carbons (Fsp3) is 0.167. The Hall–Kier alpha value is -3.55. The van der Waals surface area contributed by atoms with Crippen molar-refractivity contribution in [1.29, 1.82) is 0 Å². The number of hydrogen-bond donors (Lipinski definition) is 1. The lowest BCUT2D eigenvalue weighted by molar-refractivity contribution is -0.384. The molecule has 0 radical (unpaired) electrons. The van der Waals surface area contributed by atoms with Gasteiger partial charge in [0.1, 0.15) is 0 Å². The molecule has 2 aromatic carbocycles. The molecule has 26 heavy (non-hydrogen) atoms. The number of benzene rings is 2. The molecular formula is C18H16N2O6. The number of non-ortho nitro benzene ring substituents is 1. The fourth-order valence-corrected chi connectivity index (χ4v) is 2.78. The van der Waals surface area contributed by atoms with Crippen LogP contribution in [0.3, 0.4) is 0 Å². The number of carbonyl (C=O) groups excluding carboxylic acids is 1. The van der Waals surface area contributed by atoms with E-state index >= 15 is 0 Å². The van der Waals surface area contributed by atoms with Crippen LogP contribution in [-0.4, -0.2) is 32.2 Å². The van der Waals surface area contributed by atoms with Crippen LogP contribution in [-0.2, 0) is 4.79 Å². The number of carbonyl (C=O) groups is 1. The maximum atomic E-state index is 12.3. The van der Waals surface area contributed by atoms with Crippen molar-refractivity contribution in [3.8, 4) is 17.2 Å². The molecule has 1 amide bonds. The number of anilines is 1. The molecule has 2 aromatic rings. The third-order valence-corrected chi connectivity index (χ3v) is 4.00. The van der Waals surface area contributed by atoms with Gasteiger partial charge in [-0.05, 0) is 29.8 Å². The summed E-state index contributed by atoms with van der Waals surface area (Å²) in [6.07, 6.45) is 1.62. The lowest BCUT2D eigenvalue weighted by Crippen LogP contribution is -2.03. The van der Waals surface area contributed by atoms with Crippen molar-refractivity contribution >= 4 is 28.9 Å². The van der Waals surface area contributed by atoms with Crippen LogP contribution >= 0.6 is 0 Å². The van der Waals surface area contributed by atoms with E-state index in [1.165, 1.54) is 39.5 Å². The van der Waals surface area contributed by atoms with Crippen molar-refractivity contribution in [1.82, 2.24) is 0 Å². The van der Waals surface area contributed by atoms with Gasteiger partial charge in [-0.15, -0.1) is 0 Å². The molecule has 8 heteroatoms. The third kappa shape index (κ3) is 2.92. The highest BCUT2D eigenvalue weighted by atomic mass is 16.6. The zero-order valence-electron chi connectivity index (χ0n) is 14.4. The summed E-state index contributed by atoms with van der Waals surface area (Å²) in [5.74, 6) is 0.978. The summed E-state index contributed by atoms with van der Waals surface area (Å²) in [6, 6.07) is 7.62. The molecule has 0 saturated carbocycles. The maximum Gasteiger partial charge on any atom is 0.270 e. The summed E-state index contributed by atoms with van der Waals surface area (Å²) in [4.78, 5) is 22.8. The highest BCUT2D eigenvalue weighted by Gasteiger charge is 2.26. The van der Waals surface area contributed by atoms with Gasteiger partial charge in [-0.2, -0.15) is 0 Å². The zero-order chi connectivity index (χ0) is 18.8. The van der Waals surface area contributed by atoms with Gasteiger partial charge < -0.3 is 19.5 Å². The van der Waals surface area contributed by atoms with Crippen molar-refractivity contribution in [3.63, 3.8) is 0 Å². The minimum atomic E-state index is -0.500. The van der Waals surface area contributed by atoms with E-state index in [2.05, 4.69) is 5.32 Å². The maximum absolute atomic E-state index is 12.3. The third-order valence-electron chi connectivity index (χ3n) is 4.00. The van der Waals surface area contributed by atoms with Crippen molar-refractivity contribution < 1.29 is 23.9 Å². The molecule has 8 nitrogen and oxygen atoms in total. The second-order valence-corrected chi connectivity index (χ2v) is 5.46. The predicted octanol–water partition coefficient (Wildman–Crippen LogP) is 3.11. The first-order valence-electron chi connectivity index (χ1n) is 7.60. The normalized spacial score (nSPS) is 14.0. The Bertz CT molecular complexity index is 910. The number of nitrogens with zero attached hydrogens (tertiary/aromatic N) is 1. The smallest absolute Gasteiger partial charge is 0.270 e. The molecule has 1 aliphatic rings. The molecule has 0 bridgehead atoms. The Labute approximate surface area is 149 Å². The van der Waals surface area contributed by atoms with Crippen LogP contribution in [0, 0.1) is 10.1 Å². The van der Waals surface area contributed by atoms with Crippen LogP contribution in [0.4, 0.5) is 11.4 Å². The molecule has 1 N–H and O–H groups in total. The topological polar surface area (TPSA) is 99.9 Å². The lowest BCUT2D eigenvalue weighted by Gasteiger charge is -2.13. The second kappa shape index (κ2) is 6.75. The molecule has 0 aromatic heterocycles. The van der Waals surface area contributed by atoms with Gasteiger partial charge in [0.05, 0.1) is 26.3 Å². The van der Waals surface area contributed by atoms with Gasteiger partial charge in [0.15, 0.2) is 11.5 Å². The van der Waals surface area contributed by atoms with Gasteiger partial charge in [-0.1, -0.05) is 0 Å². The first kappa shape index (κ1) is 17.3. The van der Waals surface area contributed by atoms with E-state index in [0.717, 1.165) is 0 Å². The lowest BCUT2D eigenvalue weighted by atomic mass is 10.0. The Morgan fingerprint density at radius 1 is 1.04 bits per heavy atom. The molecule has 3 rings (SSSR count). The number of fused-ring (bicyclic) bond motifs is 1. The van der Waals surface area contributed by atoms with Crippen molar-refractivity contribution in [2.24, 2.45) is 0 Å². The Morgan fingerprint density at radius 2 is 1.69 bits per heavy atom. The Balaban J connectivity index is 2.13. The SMILES string of the molecule is COc1cc(/C=C2\C(=O)Nc3ccc([N+](=O)[O-])cc32)cc(OC)c1OC. The summed E-state index contributed by atoms with van der Waals surface area (Å²) in [5.41, 5.74) is 1.86. The van der Waals surface area contributed by atoms with Crippen molar-refractivity contribution in [3.05, 3.63) is 51.6 Å². The second-order valence-electron chi connectivity index (χ2n) is 5.46. The predicted molar refractivity (Wildman–Crippen MR) is 95.7 cm³/mol. The summed E-state index contributed by atoms with van der Waals surface area (Å²) in [6.45, 7) is 0. The van der Waals surface area contributed by atoms with Crippen LogP contribution in [0.25, 0.3) is 11.6 Å². The Kier molecular flexibility index (Phi) is 4.49. The van der Waals surface area contributed by atoms with Crippen molar-refractivity contribution in [2.75, 3.05) is 26.6 Å². The molecule has 0 saturated heterocycles. The molecule has 0 unspecified atom stereocenters. The molecule has 0 spiro atoms. The highest BCUT2D eigenvalue weighted by molar-refractivity contribution is 6.35. The van der Waals surface area contributed by atoms with Gasteiger partial charge in [0.25, 0.3) is 11.6 Å². The number of nitrogens with one attached hydrogen (secondary N) is 1. The fourth-order valence-electron chi connectivity index (χ4n) is 2.78. The number of methoxy groups -OCH3 is 3. The molecule has 0 aliphatic carbocycles. The summed E-state index contributed by atoms with van der Waals surface area (Å²) >= 11 is 0. The van der Waals surface area contributed by atoms with E-state index in [9.17, 15) is 14.9 Å². The van der Waals surface area contributed by atoms with Gasteiger partial charge >= 0.3 is 0 Å². The van der Waals surface area contributed by atoms with E-state index in [1.54, 1.807) is 18.2 Å². The van der Waals surface area contributed by atoms with E-state index in [-0.39, 0.29) is 11.6 Å². The Morgan fingerprint density at radius 3 is 2.23 bits per heavy atom. The van der Waals surface area contributed by atoms with Crippen LogP contribution in [0.15, 0.2) is 30.3 Å². The van der Waals surface area contributed by atoms with Crippen LogP contribution in [0.5, 0.6) is 17.2 Å². The van der Waals surface area contributed by atoms with E-state index in [1.807, 2.05) is 0 Å². The minimum Gasteiger partial charge on any atom is -0.493 e. The van der Waals surface area contributed by atoms with Crippen LogP contribution < -0.4 is 19.5 Å². The first-order chi connectivity index (χ1) is 12.5. The van der Waals surface area contributed by atoms with Gasteiger partial charge in [0, 0.05) is 29.0 Å². The molecule has 134 valence electrons. The average Bonchev–Trinajstić information content (AvgIpc) is 2.95. The number of nitro benzene ring substituents is 1.